The standard InChI is InChI=1S/C20H26Cl2N2O5S/c1-30(27,28)23-16-3-5-18(6-4-16)29-14-17(26)13-24(10-11-25)9-8-15-2-7-19(21)20(22)12-15/h2-7,12,17,23,25-26H,8-11,13-14H2,1H3/t17-/m0/s1. The third kappa shape index (κ3) is 9.07. The van der Waals surface area contributed by atoms with E-state index >= 15 is 0 Å². The molecule has 3 N–H and O–H groups in total. The number of hydrogen-bond donors (Lipinski definition) is 3. The van der Waals surface area contributed by atoms with Gasteiger partial charge in [-0.1, -0.05) is 29.3 Å². The highest BCUT2D eigenvalue weighted by Crippen LogP contribution is 2.23. The number of nitrogens with one attached hydrogen (secondary N) is 1. The molecule has 2 rings (SSSR count). The number of nitrogens with zero attached hydrogens (tertiary/aromatic N) is 1. The Labute approximate surface area is 187 Å². The summed E-state index contributed by atoms with van der Waals surface area (Å²) in [6.45, 7) is 1.42. The van der Waals surface area contributed by atoms with Crippen molar-refractivity contribution in [2.75, 3.05) is 43.8 Å². The van der Waals surface area contributed by atoms with Crippen molar-refractivity contribution in [2.24, 2.45) is 0 Å². The lowest BCUT2D eigenvalue weighted by molar-refractivity contribution is 0.0622. The summed E-state index contributed by atoms with van der Waals surface area (Å²) in [6, 6.07) is 11.9. The van der Waals surface area contributed by atoms with E-state index in [1.54, 1.807) is 30.3 Å². The van der Waals surface area contributed by atoms with Gasteiger partial charge >= 0.3 is 0 Å². The van der Waals surface area contributed by atoms with Crippen LogP contribution in [0.25, 0.3) is 0 Å². The maximum absolute atomic E-state index is 11.2. The first kappa shape index (κ1) is 24.7. The summed E-state index contributed by atoms with van der Waals surface area (Å²) in [5.41, 5.74) is 1.45. The zero-order valence-electron chi connectivity index (χ0n) is 16.6. The van der Waals surface area contributed by atoms with E-state index < -0.39 is 16.1 Å². The number of anilines is 1. The molecule has 0 heterocycles. The van der Waals surface area contributed by atoms with Gasteiger partial charge in [0.15, 0.2) is 0 Å². The van der Waals surface area contributed by atoms with E-state index in [9.17, 15) is 18.6 Å². The molecule has 0 saturated carbocycles. The molecule has 10 heteroatoms. The van der Waals surface area contributed by atoms with Gasteiger partial charge in [0.2, 0.25) is 10.0 Å². The maximum Gasteiger partial charge on any atom is 0.229 e. The van der Waals surface area contributed by atoms with Crippen LogP contribution in [0.4, 0.5) is 5.69 Å². The second kappa shape index (κ2) is 11.7. The zero-order valence-corrected chi connectivity index (χ0v) is 18.9. The van der Waals surface area contributed by atoms with Gasteiger partial charge in [-0.25, -0.2) is 8.42 Å². The molecule has 0 saturated heterocycles. The highest BCUT2D eigenvalue weighted by Gasteiger charge is 2.13. The second-order valence-electron chi connectivity index (χ2n) is 6.89. The van der Waals surface area contributed by atoms with Crippen molar-refractivity contribution in [3.05, 3.63) is 58.1 Å². The highest BCUT2D eigenvalue weighted by molar-refractivity contribution is 7.92. The van der Waals surface area contributed by atoms with Crippen LogP contribution < -0.4 is 9.46 Å². The van der Waals surface area contributed by atoms with Crippen LogP contribution in [-0.2, 0) is 16.4 Å². The average molecular weight is 477 g/mol. The lowest BCUT2D eigenvalue weighted by Gasteiger charge is -2.24. The Morgan fingerprint density at radius 2 is 1.80 bits per heavy atom. The van der Waals surface area contributed by atoms with Gasteiger partial charge in [0.1, 0.15) is 18.5 Å². The van der Waals surface area contributed by atoms with Crippen molar-refractivity contribution >= 4 is 38.9 Å². The minimum atomic E-state index is -3.34. The van der Waals surface area contributed by atoms with Gasteiger partial charge in [0.05, 0.1) is 22.9 Å². The molecule has 2 aromatic carbocycles. The second-order valence-corrected chi connectivity index (χ2v) is 9.45. The number of benzene rings is 2. The van der Waals surface area contributed by atoms with Crippen molar-refractivity contribution in [3.8, 4) is 5.75 Å². The highest BCUT2D eigenvalue weighted by atomic mass is 35.5. The molecule has 166 valence electrons. The van der Waals surface area contributed by atoms with Crippen molar-refractivity contribution in [1.82, 2.24) is 4.90 Å². The van der Waals surface area contributed by atoms with Gasteiger partial charge in [0, 0.05) is 25.3 Å². The van der Waals surface area contributed by atoms with Gasteiger partial charge in [-0.3, -0.25) is 9.62 Å². The van der Waals surface area contributed by atoms with Crippen LogP contribution >= 0.6 is 23.2 Å². The maximum atomic E-state index is 11.2. The first-order valence-electron chi connectivity index (χ1n) is 9.32. The van der Waals surface area contributed by atoms with E-state index in [4.69, 9.17) is 27.9 Å². The number of hydrogen-bond acceptors (Lipinski definition) is 6. The summed E-state index contributed by atoms with van der Waals surface area (Å²) < 4.78 is 30.4. The Morgan fingerprint density at radius 1 is 1.10 bits per heavy atom. The average Bonchev–Trinajstić information content (AvgIpc) is 2.67. The molecule has 0 fully saturated rings. The first-order chi connectivity index (χ1) is 14.2. The van der Waals surface area contributed by atoms with Crippen LogP contribution in [0, 0.1) is 0 Å². The topological polar surface area (TPSA) is 99.1 Å². The summed E-state index contributed by atoms with van der Waals surface area (Å²) in [4.78, 5) is 1.94. The summed E-state index contributed by atoms with van der Waals surface area (Å²) in [5.74, 6) is 0.512. The molecule has 0 bridgehead atoms. The molecule has 0 radical (unpaired) electrons. The van der Waals surface area contributed by atoms with Crippen LogP contribution in [0.3, 0.4) is 0 Å². The monoisotopic (exact) mass is 476 g/mol. The van der Waals surface area contributed by atoms with E-state index in [1.807, 2.05) is 17.0 Å². The van der Waals surface area contributed by atoms with Crippen LogP contribution in [-0.4, -0.2) is 68.7 Å². The van der Waals surface area contributed by atoms with Crippen molar-refractivity contribution in [2.45, 2.75) is 12.5 Å². The molecule has 0 spiro atoms. The molecular formula is C20H26Cl2N2O5S. The van der Waals surface area contributed by atoms with E-state index in [2.05, 4.69) is 4.72 Å². The molecule has 0 aliphatic rings. The summed E-state index contributed by atoms with van der Waals surface area (Å²) in [5, 5.41) is 20.6. The van der Waals surface area contributed by atoms with Crippen molar-refractivity contribution in [3.63, 3.8) is 0 Å². The normalized spacial score (nSPS) is 12.7. The van der Waals surface area contributed by atoms with Gasteiger partial charge in [-0.2, -0.15) is 0 Å². The molecule has 0 aliphatic carbocycles. The van der Waals surface area contributed by atoms with Crippen LogP contribution in [0.15, 0.2) is 42.5 Å². The third-order valence-corrected chi connectivity index (χ3v) is 5.53. The molecule has 0 aliphatic heterocycles. The Kier molecular flexibility index (Phi) is 9.67. The van der Waals surface area contributed by atoms with Gasteiger partial charge in [0.25, 0.3) is 0 Å². The number of halogens is 2. The summed E-state index contributed by atoms with van der Waals surface area (Å²) in [7, 11) is -3.34. The van der Waals surface area contributed by atoms with Crippen molar-refractivity contribution < 1.29 is 23.4 Å². The Bertz CT molecular complexity index is 910. The lowest BCUT2D eigenvalue weighted by Crippen LogP contribution is -2.38. The van der Waals surface area contributed by atoms with E-state index in [0.717, 1.165) is 11.8 Å². The zero-order chi connectivity index (χ0) is 22.1. The van der Waals surface area contributed by atoms with Gasteiger partial charge in [-0.15, -0.1) is 0 Å². The third-order valence-electron chi connectivity index (χ3n) is 4.19. The van der Waals surface area contributed by atoms with Crippen LogP contribution in [0.2, 0.25) is 10.0 Å². The minimum Gasteiger partial charge on any atom is -0.491 e. The molecule has 2 aromatic rings. The largest absolute Gasteiger partial charge is 0.491 e. The smallest absolute Gasteiger partial charge is 0.229 e. The summed E-state index contributed by atoms with van der Waals surface area (Å²) >= 11 is 12.0. The van der Waals surface area contributed by atoms with Gasteiger partial charge in [-0.05, 0) is 48.4 Å². The quantitative estimate of drug-likeness (QED) is 0.435. The molecule has 0 aromatic heterocycles. The van der Waals surface area contributed by atoms with Gasteiger partial charge < -0.3 is 14.9 Å². The number of aliphatic hydroxyl groups is 2. The number of aliphatic hydroxyl groups excluding tert-OH is 2. The Balaban J connectivity index is 1.82. The predicted octanol–water partition coefficient (Wildman–Crippen LogP) is 2.64. The molecule has 7 nitrogen and oxygen atoms in total. The fraction of sp³-hybridized carbons (Fsp3) is 0.400. The molecule has 0 unspecified atom stereocenters. The van der Waals surface area contributed by atoms with Crippen LogP contribution in [0.1, 0.15) is 5.56 Å². The number of ether oxygens (including phenoxy) is 1. The SMILES string of the molecule is CS(=O)(=O)Nc1ccc(OC[C@@H](O)CN(CCO)CCc2ccc(Cl)c(Cl)c2)cc1. The van der Waals surface area contributed by atoms with E-state index in [0.29, 0.717) is 47.5 Å². The minimum absolute atomic E-state index is 0.0241. The molecule has 30 heavy (non-hydrogen) atoms. The van der Waals surface area contributed by atoms with E-state index in [1.165, 1.54) is 0 Å². The fourth-order valence-electron chi connectivity index (χ4n) is 2.79. The fourth-order valence-corrected chi connectivity index (χ4v) is 3.68. The van der Waals surface area contributed by atoms with E-state index in [-0.39, 0.29) is 13.2 Å². The molecule has 1 atom stereocenters. The lowest BCUT2D eigenvalue weighted by atomic mass is 10.1. The van der Waals surface area contributed by atoms with Crippen molar-refractivity contribution in [1.29, 1.82) is 0 Å². The molecular weight excluding hydrogens is 451 g/mol. The summed E-state index contributed by atoms with van der Waals surface area (Å²) in [6.07, 6.45) is 1.01. The Morgan fingerprint density at radius 3 is 2.40 bits per heavy atom. The van der Waals surface area contributed by atoms with Crippen LogP contribution in [0.5, 0.6) is 5.75 Å². The first-order valence-corrected chi connectivity index (χ1v) is 12.0. The molecule has 0 amide bonds. The predicted molar refractivity (Wildman–Crippen MR) is 120 cm³/mol. The number of rotatable bonds is 12. The Hall–Kier alpha value is -1.55. The number of sulfonamides is 1.